The quantitative estimate of drug-likeness (QED) is 0.903. The maximum atomic E-state index is 13.9. The highest BCUT2D eigenvalue weighted by atomic mass is 19.1. The minimum absolute atomic E-state index is 0.00260. The molecule has 1 aromatic carbocycles. The van der Waals surface area contributed by atoms with Crippen LogP contribution in [0.4, 0.5) is 8.78 Å². The van der Waals surface area contributed by atoms with Crippen molar-refractivity contribution < 1.29 is 13.6 Å². The number of likely N-dealkylation sites (tertiary alicyclic amines) is 1. The third-order valence-electron chi connectivity index (χ3n) is 4.43. The smallest absolute Gasteiger partial charge is 0.216 e. The van der Waals surface area contributed by atoms with Crippen LogP contribution in [0.25, 0.3) is 5.69 Å². The van der Waals surface area contributed by atoms with E-state index >= 15 is 0 Å². The van der Waals surface area contributed by atoms with Gasteiger partial charge in [0.1, 0.15) is 11.5 Å². The molecule has 1 aromatic heterocycles. The lowest BCUT2D eigenvalue weighted by atomic mass is 9.98. The molecule has 2 heterocycles. The summed E-state index contributed by atoms with van der Waals surface area (Å²) in [6, 6.07) is 5.30. The minimum Gasteiger partial charge on any atom is -0.356 e. The van der Waals surface area contributed by atoms with E-state index < -0.39 is 11.6 Å². The van der Waals surface area contributed by atoms with Gasteiger partial charge in [-0.15, -0.1) is 0 Å². The molecule has 0 spiro atoms. The van der Waals surface area contributed by atoms with E-state index in [1.54, 1.807) is 6.20 Å². The number of carbonyl (C=O) groups excluding carboxylic acids is 1. The maximum absolute atomic E-state index is 13.9. The number of amides is 1. The second kappa shape index (κ2) is 7.74. The van der Waals surface area contributed by atoms with Gasteiger partial charge in [0.15, 0.2) is 5.82 Å². The number of nitrogens with one attached hydrogen (secondary N) is 1. The number of carbonyl (C=O) groups is 1. The molecule has 1 aliphatic rings. The predicted octanol–water partition coefficient (Wildman–Crippen LogP) is 2.50. The van der Waals surface area contributed by atoms with Gasteiger partial charge in [0, 0.05) is 38.8 Å². The first kappa shape index (κ1) is 17.5. The van der Waals surface area contributed by atoms with Gasteiger partial charge in [-0.3, -0.25) is 9.69 Å². The van der Waals surface area contributed by atoms with Crippen molar-refractivity contribution in [2.45, 2.75) is 26.3 Å². The Balaban J connectivity index is 1.62. The number of aromatic nitrogens is 2. The largest absolute Gasteiger partial charge is 0.356 e. The SMILES string of the molecule is CC(=O)NC[C@H]1CCCN(Cc2ccn(-c3ccc(F)cc3F)n2)C1. The molecule has 134 valence electrons. The molecular weight excluding hydrogens is 326 g/mol. The van der Waals surface area contributed by atoms with Crippen LogP contribution in [-0.2, 0) is 11.3 Å². The molecule has 7 heteroatoms. The van der Waals surface area contributed by atoms with Crippen molar-refractivity contribution >= 4 is 5.91 Å². The lowest BCUT2D eigenvalue weighted by Crippen LogP contribution is -2.40. The van der Waals surface area contributed by atoms with Crippen LogP contribution in [0, 0.1) is 17.6 Å². The summed E-state index contributed by atoms with van der Waals surface area (Å²) in [5.41, 5.74) is 1.07. The summed E-state index contributed by atoms with van der Waals surface area (Å²) in [5, 5.41) is 7.29. The number of halogens is 2. The Bertz CT molecular complexity index is 746. The Labute approximate surface area is 145 Å². The highest BCUT2D eigenvalue weighted by Gasteiger charge is 2.21. The van der Waals surface area contributed by atoms with Gasteiger partial charge >= 0.3 is 0 Å². The minimum atomic E-state index is -0.636. The summed E-state index contributed by atoms with van der Waals surface area (Å²) >= 11 is 0. The fraction of sp³-hybridized carbons (Fsp3) is 0.444. The zero-order chi connectivity index (χ0) is 17.8. The van der Waals surface area contributed by atoms with Crippen LogP contribution >= 0.6 is 0 Å². The Morgan fingerprint density at radius 2 is 2.20 bits per heavy atom. The monoisotopic (exact) mass is 348 g/mol. The second-order valence-electron chi connectivity index (χ2n) is 6.53. The van der Waals surface area contributed by atoms with Crippen LogP contribution in [0.15, 0.2) is 30.5 Å². The van der Waals surface area contributed by atoms with E-state index in [-0.39, 0.29) is 11.6 Å². The van der Waals surface area contributed by atoms with Crippen LogP contribution in [0.1, 0.15) is 25.5 Å². The number of hydrogen-bond acceptors (Lipinski definition) is 3. The summed E-state index contributed by atoms with van der Waals surface area (Å²) in [6.07, 6.45) is 3.87. The van der Waals surface area contributed by atoms with Crippen molar-refractivity contribution in [1.82, 2.24) is 20.0 Å². The van der Waals surface area contributed by atoms with E-state index in [0.717, 1.165) is 37.7 Å². The van der Waals surface area contributed by atoms with E-state index in [9.17, 15) is 13.6 Å². The first-order chi connectivity index (χ1) is 12.0. The van der Waals surface area contributed by atoms with Crippen molar-refractivity contribution in [3.63, 3.8) is 0 Å². The molecule has 1 saturated heterocycles. The van der Waals surface area contributed by atoms with Gasteiger partial charge in [-0.05, 0) is 43.5 Å². The Kier molecular flexibility index (Phi) is 5.43. The average molecular weight is 348 g/mol. The van der Waals surface area contributed by atoms with Crippen LogP contribution < -0.4 is 5.32 Å². The van der Waals surface area contributed by atoms with E-state index in [2.05, 4.69) is 15.3 Å². The number of benzene rings is 1. The molecule has 0 bridgehead atoms. The number of piperidine rings is 1. The molecule has 1 amide bonds. The van der Waals surface area contributed by atoms with Gasteiger partial charge in [0.2, 0.25) is 5.91 Å². The van der Waals surface area contributed by atoms with Gasteiger partial charge in [-0.2, -0.15) is 5.10 Å². The molecule has 1 atom stereocenters. The molecular formula is C18H22F2N4O. The van der Waals surface area contributed by atoms with Gasteiger partial charge in [0.25, 0.3) is 0 Å². The van der Waals surface area contributed by atoms with Gasteiger partial charge in [0.05, 0.1) is 5.69 Å². The normalized spacial score (nSPS) is 18.3. The van der Waals surface area contributed by atoms with Crippen molar-refractivity contribution in [3.8, 4) is 5.69 Å². The Morgan fingerprint density at radius 1 is 1.36 bits per heavy atom. The molecule has 0 radical (unpaired) electrons. The lowest BCUT2D eigenvalue weighted by Gasteiger charge is -2.32. The first-order valence-corrected chi connectivity index (χ1v) is 8.48. The molecule has 3 rings (SSSR count). The summed E-state index contributed by atoms with van der Waals surface area (Å²) in [4.78, 5) is 13.3. The van der Waals surface area contributed by atoms with Gasteiger partial charge in [-0.1, -0.05) is 0 Å². The van der Waals surface area contributed by atoms with Crippen molar-refractivity contribution in [2.24, 2.45) is 5.92 Å². The third-order valence-corrected chi connectivity index (χ3v) is 4.43. The summed E-state index contributed by atoms with van der Waals surface area (Å²) < 4.78 is 28.3. The Hall–Kier alpha value is -2.28. The zero-order valence-corrected chi connectivity index (χ0v) is 14.2. The molecule has 2 aromatic rings. The summed E-state index contributed by atoms with van der Waals surface area (Å²) in [5.74, 6) is -0.804. The highest BCUT2D eigenvalue weighted by Crippen LogP contribution is 2.19. The van der Waals surface area contributed by atoms with E-state index in [4.69, 9.17) is 0 Å². The van der Waals surface area contributed by atoms with Crippen LogP contribution in [-0.4, -0.2) is 40.2 Å². The van der Waals surface area contributed by atoms with E-state index in [0.29, 0.717) is 19.0 Å². The van der Waals surface area contributed by atoms with E-state index in [1.165, 1.54) is 23.7 Å². The number of rotatable bonds is 5. The predicted molar refractivity (Wildman–Crippen MR) is 90.2 cm³/mol. The molecule has 1 N–H and O–H groups in total. The van der Waals surface area contributed by atoms with Crippen molar-refractivity contribution in [3.05, 3.63) is 47.8 Å². The molecule has 0 aliphatic carbocycles. The fourth-order valence-electron chi connectivity index (χ4n) is 3.23. The maximum Gasteiger partial charge on any atom is 0.216 e. The third kappa shape index (κ3) is 4.63. The van der Waals surface area contributed by atoms with Crippen molar-refractivity contribution in [1.29, 1.82) is 0 Å². The molecule has 0 saturated carbocycles. The zero-order valence-electron chi connectivity index (χ0n) is 14.2. The van der Waals surface area contributed by atoms with Crippen LogP contribution in [0.2, 0.25) is 0 Å². The van der Waals surface area contributed by atoms with Crippen LogP contribution in [0.3, 0.4) is 0 Å². The number of nitrogens with zero attached hydrogens (tertiary/aromatic N) is 3. The molecule has 1 aliphatic heterocycles. The lowest BCUT2D eigenvalue weighted by molar-refractivity contribution is -0.119. The molecule has 25 heavy (non-hydrogen) atoms. The molecule has 1 fully saturated rings. The topological polar surface area (TPSA) is 50.2 Å². The Morgan fingerprint density at radius 3 is 2.96 bits per heavy atom. The van der Waals surface area contributed by atoms with Crippen molar-refractivity contribution in [2.75, 3.05) is 19.6 Å². The summed E-state index contributed by atoms with van der Waals surface area (Å²) in [6.45, 7) is 4.78. The standard InChI is InChI=1S/C18H22F2N4O/c1-13(25)21-10-14-3-2-7-23(11-14)12-16-6-8-24(22-16)18-5-4-15(19)9-17(18)20/h4-6,8-9,14H,2-3,7,10-12H2,1H3,(H,21,25)/t14-/m1/s1. The molecule has 0 unspecified atom stereocenters. The average Bonchev–Trinajstić information content (AvgIpc) is 3.01. The highest BCUT2D eigenvalue weighted by molar-refractivity contribution is 5.72. The second-order valence-corrected chi connectivity index (χ2v) is 6.53. The fourth-order valence-corrected chi connectivity index (χ4v) is 3.23. The van der Waals surface area contributed by atoms with Gasteiger partial charge < -0.3 is 5.32 Å². The van der Waals surface area contributed by atoms with E-state index in [1.807, 2.05) is 6.07 Å². The summed E-state index contributed by atoms with van der Waals surface area (Å²) in [7, 11) is 0. The van der Waals surface area contributed by atoms with Crippen LogP contribution in [0.5, 0.6) is 0 Å². The molecule has 5 nitrogen and oxygen atoms in total. The first-order valence-electron chi connectivity index (χ1n) is 8.48. The number of hydrogen-bond donors (Lipinski definition) is 1. The van der Waals surface area contributed by atoms with Gasteiger partial charge in [-0.25, -0.2) is 13.5 Å².